The normalized spacial score (nSPS) is 18.1. The molecule has 4 nitrogen and oxygen atoms in total. The maximum Gasteiger partial charge on any atom is 0.123 e. The number of rotatable bonds is 7. The number of likely N-dealkylation sites (tertiary alicyclic amines) is 1. The van der Waals surface area contributed by atoms with Crippen LogP contribution in [0.2, 0.25) is 0 Å². The van der Waals surface area contributed by atoms with Gasteiger partial charge < -0.3 is 14.5 Å². The SMILES string of the molecule is CO/N=C(\CCN1CCC(c2ccccc2OC)C1)c1ccc(F)cc1. The molecule has 2 aromatic rings. The van der Waals surface area contributed by atoms with Crippen molar-refractivity contribution in [3.8, 4) is 5.75 Å². The van der Waals surface area contributed by atoms with Gasteiger partial charge in [0.15, 0.2) is 0 Å². The molecule has 138 valence electrons. The largest absolute Gasteiger partial charge is 0.496 e. The van der Waals surface area contributed by atoms with Crippen molar-refractivity contribution in [3.05, 3.63) is 65.5 Å². The predicted octanol–water partition coefficient (Wildman–Crippen LogP) is 4.06. The average Bonchev–Trinajstić information content (AvgIpc) is 3.14. The van der Waals surface area contributed by atoms with Gasteiger partial charge in [0.25, 0.3) is 0 Å². The average molecular weight is 356 g/mol. The van der Waals surface area contributed by atoms with Crippen LogP contribution < -0.4 is 4.74 Å². The van der Waals surface area contributed by atoms with Crippen LogP contribution in [-0.2, 0) is 4.84 Å². The molecule has 5 heteroatoms. The molecule has 0 radical (unpaired) electrons. The minimum absolute atomic E-state index is 0.246. The summed E-state index contributed by atoms with van der Waals surface area (Å²) in [5, 5.41) is 4.14. The molecule has 0 amide bonds. The van der Waals surface area contributed by atoms with Crippen LogP contribution in [0.15, 0.2) is 53.7 Å². The van der Waals surface area contributed by atoms with Gasteiger partial charge in [-0.25, -0.2) is 4.39 Å². The summed E-state index contributed by atoms with van der Waals surface area (Å²) in [7, 11) is 3.26. The summed E-state index contributed by atoms with van der Waals surface area (Å²) in [4.78, 5) is 7.42. The Bertz CT molecular complexity index is 746. The molecule has 26 heavy (non-hydrogen) atoms. The van der Waals surface area contributed by atoms with Gasteiger partial charge in [0.1, 0.15) is 18.7 Å². The van der Waals surface area contributed by atoms with Gasteiger partial charge in [0, 0.05) is 25.4 Å². The first kappa shape index (κ1) is 18.4. The Morgan fingerprint density at radius 3 is 2.65 bits per heavy atom. The molecule has 1 aliphatic heterocycles. The molecular weight excluding hydrogens is 331 g/mol. The summed E-state index contributed by atoms with van der Waals surface area (Å²) >= 11 is 0. The van der Waals surface area contributed by atoms with Crippen LogP contribution in [0.1, 0.15) is 29.9 Å². The highest BCUT2D eigenvalue weighted by atomic mass is 19.1. The van der Waals surface area contributed by atoms with Gasteiger partial charge in [-0.1, -0.05) is 35.5 Å². The van der Waals surface area contributed by atoms with Crippen molar-refractivity contribution < 1.29 is 14.0 Å². The van der Waals surface area contributed by atoms with Gasteiger partial charge in [-0.3, -0.25) is 0 Å². The highest BCUT2D eigenvalue weighted by Crippen LogP contribution is 2.33. The smallest absolute Gasteiger partial charge is 0.123 e. The van der Waals surface area contributed by atoms with Crippen LogP contribution >= 0.6 is 0 Å². The van der Waals surface area contributed by atoms with Gasteiger partial charge in [-0.2, -0.15) is 0 Å². The van der Waals surface area contributed by atoms with Crippen LogP contribution in [0.25, 0.3) is 0 Å². The number of hydrogen-bond donors (Lipinski definition) is 0. The van der Waals surface area contributed by atoms with E-state index in [0.717, 1.165) is 49.5 Å². The maximum atomic E-state index is 13.1. The molecule has 0 saturated carbocycles. The van der Waals surface area contributed by atoms with Crippen molar-refractivity contribution in [3.63, 3.8) is 0 Å². The van der Waals surface area contributed by atoms with Gasteiger partial charge in [-0.15, -0.1) is 0 Å². The molecule has 0 N–H and O–H groups in total. The highest BCUT2D eigenvalue weighted by molar-refractivity contribution is 6.00. The fraction of sp³-hybridized carbons (Fsp3) is 0.381. The van der Waals surface area contributed by atoms with E-state index >= 15 is 0 Å². The van der Waals surface area contributed by atoms with Crippen molar-refractivity contribution in [1.29, 1.82) is 0 Å². The lowest BCUT2D eigenvalue weighted by molar-refractivity contribution is 0.212. The number of ether oxygens (including phenoxy) is 1. The molecule has 0 bridgehead atoms. The number of halogens is 1. The number of para-hydroxylation sites is 1. The number of benzene rings is 2. The predicted molar refractivity (Wildman–Crippen MR) is 101 cm³/mol. The Hall–Kier alpha value is -2.40. The minimum atomic E-state index is -0.246. The fourth-order valence-electron chi connectivity index (χ4n) is 3.55. The summed E-state index contributed by atoms with van der Waals surface area (Å²) in [6, 6.07) is 14.6. The first-order valence-electron chi connectivity index (χ1n) is 8.92. The fourth-order valence-corrected chi connectivity index (χ4v) is 3.55. The first-order chi connectivity index (χ1) is 12.7. The van der Waals surface area contributed by atoms with Crippen LogP contribution in [-0.4, -0.2) is 44.5 Å². The summed E-state index contributed by atoms with van der Waals surface area (Å²) in [5.74, 6) is 1.21. The second-order valence-corrected chi connectivity index (χ2v) is 6.51. The Balaban J connectivity index is 1.61. The zero-order valence-electron chi connectivity index (χ0n) is 15.3. The summed E-state index contributed by atoms with van der Waals surface area (Å²) in [6.45, 7) is 2.95. The Morgan fingerprint density at radius 1 is 1.15 bits per heavy atom. The molecule has 3 rings (SSSR count). The molecule has 1 unspecified atom stereocenters. The summed E-state index contributed by atoms with van der Waals surface area (Å²) in [5.41, 5.74) is 3.02. The molecule has 1 heterocycles. The monoisotopic (exact) mass is 356 g/mol. The summed E-state index contributed by atoms with van der Waals surface area (Å²) < 4.78 is 18.6. The van der Waals surface area contributed by atoms with Crippen molar-refractivity contribution in [1.82, 2.24) is 4.90 Å². The summed E-state index contributed by atoms with van der Waals surface area (Å²) in [6.07, 6.45) is 1.88. The zero-order valence-corrected chi connectivity index (χ0v) is 15.3. The molecule has 0 spiro atoms. The van der Waals surface area contributed by atoms with Crippen LogP contribution in [0.3, 0.4) is 0 Å². The van der Waals surface area contributed by atoms with Crippen LogP contribution in [0.5, 0.6) is 5.75 Å². The van der Waals surface area contributed by atoms with Crippen molar-refractivity contribution in [2.75, 3.05) is 33.9 Å². The molecule has 0 aliphatic carbocycles. The van der Waals surface area contributed by atoms with E-state index in [1.54, 1.807) is 19.2 Å². The van der Waals surface area contributed by atoms with Gasteiger partial charge in [-0.05, 0) is 42.3 Å². The van der Waals surface area contributed by atoms with E-state index in [1.807, 2.05) is 12.1 Å². The third-order valence-corrected chi connectivity index (χ3v) is 4.89. The van der Waals surface area contributed by atoms with E-state index in [0.29, 0.717) is 5.92 Å². The van der Waals surface area contributed by atoms with Gasteiger partial charge >= 0.3 is 0 Å². The second kappa shape index (κ2) is 8.81. The second-order valence-electron chi connectivity index (χ2n) is 6.51. The molecule has 0 aromatic heterocycles. The Kier molecular flexibility index (Phi) is 6.23. The van der Waals surface area contributed by atoms with Gasteiger partial charge in [0.05, 0.1) is 12.8 Å². The third-order valence-electron chi connectivity index (χ3n) is 4.89. The van der Waals surface area contributed by atoms with Crippen LogP contribution in [0, 0.1) is 5.82 Å². The molecule has 2 aromatic carbocycles. The number of oxime groups is 1. The Morgan fingerprint density at radius 2 is 1.92 bits per heavy atom. The van der Waals surface area contributed by atoms with Crippen molar-refractivity contribution >= 4 is 5.71 Å². The van der Waals surface area contributed by atoms with E-state index in [1.165, 1.54) is 24.8 Å². The number of hydrogen-bond acceptors (Lipinski definition) is 4. The van der Waals surface area contributed by atoms with E-state index < -0.39 is 0 Å². The quantitative estimate of drug-likeness (QED) is 0.554. The lowest BCUT2D eigenvalue weighted by Crippen LogP contribution is -2.24. The minimum Gasteiger partial charge on any atom is -0.496 e. The molecule has 1 atom stereocenters. The van der Waals surface area contributed by atoms with Gasteiger partial charge in [0.2, 0.25) is 0 Å². The van der Waals surface area contributed by atoms with Crippen LogP contribution in [0.4, 0.5) is 4.39 Å². The number of nitrogens with zero attached hydrogens (tertiary/aromatic N) is 2. The lowest BCUT2D eigenvalue weighted by Gasteiger charge is -2.18. The standard InChI is InChI=1S/C21H25FN2O2/c1-25-21-6-4-3-5-19(21)17-11-13-24(15-17)14-12-20(23-26-2)16-7-9-18(22)10-8-16/h3-10,17H,11-15H2,1-2H3/b23-20+. The van der Waals surface area contributed by atoms with E-state index in [9.17, 15) is 4.39 Å². The zero-order chi connectivity index (χ0) is 18.4. The van der Waals surface area contributed by atoms with Crippen molar-refractivity contribution in [2.24, 2.45) is 5.16 Å². The van der Waals surface area contributed by atoms with E-state index in [-0.39, 0.29) is 5.82 Å². The van der Waals surface area contributed by atoms with E-state index in [2.05, 4.69) is 22.2 Å². The maximum absolute atomic E-state index is 13.1. The molecule has 1 saturated heterocycles. The Labute approximate surface area is 154 Å². The highest BCUT2D eigenvalue weighted by Gasteiger charge is 2.26. The number of methoxy groups -OCH3 is 1. The first-order valence-corrected chi connectivity index (χ1v) is 8.92. The topological polar surface area (TPSA) is 34.1 Å². The molecule has 1 aliphatic rings. The van der Waals surface area contributed by atoms with Crippen molar-refractivity contribution in [2.45, 2.75) is 18.8 Å². The molecular formula is C21H25FN2O2. The third kappa shape index (κ3) is 4.41. The van der Waals surface area contributed by atoms with E-state index in [4.69, 9.17) is 9.57 Å². The molecule has 1 fully saturated rings. The lowest BCUT2D eigenvalue weighted by atomic mass is 9.97.